The lowest BCUT2D eigenvalue weighted by Gasteiger charge is -2.27. The molecule has 1 fully saturated rings. The van der Waals surface area contributed by atoms with Gasteiger partial charge in [0.15, 0.2) is 23.0 Å². The molecule has 0 amide bonds. The molecule has 6 aromatic rings. The van der Waals surface area contributed by atoms with Crippen molar-refractivity contribution in [3.63, 3.8) is 0 Å². The molecule has 8 nitrogen and oxygen atoms in total. The number of ketones is 1. The number of fused-ring (bicyclic) bond motifs is 1. The van der Waals surface area contributed by atoms with Crippen LogP contribution in [-0.2, 0) is 30.5 Å². The van der Waals surface area contributed by atoms with E-state index < -0.39 is 12.0 Å². The SMILES string of the molecule is COc1c(O)ccc(C[C@H](Cc2cc[nH]c2)[C@H](O)CC(=O)[C@H](Cc2ccc(O)c(OC3CCCCC3)c2)c2cccc(O)c2)c1Cc1cccc2ccccc12. The van der Waals surface area contributed by atoms with Gasteiger partial charge in [-0.05, 0) is 126 Å². The first-order valence-electron chi connectivity index (χ1n) is 19.7. The first-order chi connectivity index (χ1) is 27.2. The molecule has 0 bridgehead atoms. The second-order valence-corrected chi connectivity index (χ2v) is 15.2. The number of aliphatic hydroxyl groups is 1. The molecule has 0 aliphatic heterocycles. The van der Waals surface area contributed by atoms with Gasteiger partial charge in [0.05, 0.1) is 19.3 Å². The third kappa shape index (κ3) is 9.20. The van der Waals surface area contributed by atoms with Gasteiger partial charge in [-0.2, -0.15) is 0 Å². The Labute approximate surface area is 328 Å². The molecule has 0 spiro atoms. The lowest BCUT2D eigenvalue weighted by molar-refractivity contribution is -0.123. The van der Waals surface area contributed by atoms with E-state index in [1.165, 1.54) is 6.42 Å². The van der Waals surface area contributed by atoms with Crippen LogP contribution in [0.25, 0.3) is 10.8 Å². The molecule has 5 aromatic carbocycles. The minimum absolute atomic E-state index is 0.0416. The molecule has 56 heavy (non-hydrogen) atoms. The van der Waals surface area contributed by atoms with E-state index in [9.17, 15) is 25.2 Å². The van der Waals surface area contributed by atoms with Crippen molar-refractivity contribution in [2.75, 3.05) is 7.11 Å². The number of carbonyl (C=O) groups excluding carboxylic acids is 1. The number of H-pyrrole nitrogens is 1. The van der Waals surface area contributed by atoms with Crippen LogP contribution in [0.15, 0.2) is 116 Å². The lowest BCUT2D eigenvalue weighted by Crippen LogP contribution is -2.30. The fourth-order valence-corrected chi connectivity index (χ4v) is 8.37. The van der Waals surface area contributed by atoms with Crippen molar-refractivity contribution in [3.05, 3.63) is 149 Å². The van der Waals surface area contributed by atoms with Crippen LogP contribution in [0.4, 0.5) is 0 Å². The van der Waals surface area contributed by atoms with E-state index in [1.54, 1.807) is 43.5 Å². The van der Waals surface area contributed by atoms with Gasteiger partial charge < -0.3 is 34.9 Å². The number of aliphatic hydroxyl groups excluding tert-OH is 1. The number of rotatable bonds is 16. The zero-order valence-electron chi connectivity index (χ0n) is 31.9. The Hall–Kier alpha value is -5.73. The topological polar surface area (TPSA) is 132 Å². The summed E-state index contributed by atoms with van der Waals surface area (Å²) >= 11 is 0. The van der Waals surface area contributed by atoms with Gasteiger partial charge in [0, 0.05) is 36.7 Å². The molecule has 1 aromatic heterocycles. The molecule has 7 rings (SSSR count). The van der Waals surface area contributed by atoms with Crippen molar-refractivity contribution in [1.29, 1.82) is 0 Å². The van der Waals surface area contributed by atoms with E-state index >= 15 is 0 Å². The van der Waals surface area contributed by atoms with Gasteiger partial charge in [0.25, 0.3) is 0 Å². The molecule has 0 saturated heterocycles. The Morgan fingerprint density at radius 1 is 0.786 bits per heavy atom. The van der Waals surface area contributed by atoms with Crippen LogP contribution in [0.5, 0.6) is 28.7 Å². The van der Waals surface area contributed by atoms with Crippen molar-refractivity contribution in [2.45, 2.75) is 82.3 Å². The van der Waals surface area contributed by atoms with Crippen LogP contribution < -0.4 is 9.47 Å². The van der Waals surface area contributed by atoms with Crippen LogP contribution in [0.1, 0.15) is 77.8 Å². The van der Waals surface area contributed by atoms with Crippen LogP contribution >= 0.6 is 0 Å². The van der Waals surface area contributed by atoms with Gasteiger partial charge in [0.1, 0.15) is 11.5 Å². The molecule has 1 aliphatic rings. The molecular formula is C48H51NO7. The van der Waals surface area contributed by atoms with Crippen molar-refractivity contribution >= 4 is 16.6 Å². The van der Waals surface area contributed by atoms with Crippen molar-refractivity contribution in [2.24, 2.45) is 5.92 Å². The quantitative estimate of drug-likeness (QED) is 0.0666. The second kappa shape index (κ2) is 17.8. The highest BCUT2D eigenvalue weighted by Crippen LogP contribution is 2.38. The zero-order valence-corrected chi connectivity index (χ0v) is 31.9. The van der Waals surface area contributed by atoms with E-state index in [2.05, 4.69) is 29.2 Å². The van der Waals surface area contributed by atoms with Gasteiger partial charge >= 0.3 is 0 Å². The van der Waals surface area contributed by atoms with E-state index in [4.69, 9.17) is 9.47 Å². The number of aromatic nitrogens is 1. The average Bonchev–Trinajstić information content (AvgIpc) is 3.72. The fourth-order valence-electron chi connectivity index (χ4n) is 8.37. The number of methoxy groups -OCH3 is 1. The van der Waals surface area contributed by atoms with Crippen molar-refractivity contribution in [1.82, 2.24) is 4.98 Å². The maximum absolute atomic E-state index is 14.5. The molecule has 0 unspecified atom stereocenters. The number of hydrogen-bond donors (Lipinski definition) is 5. The van der Waals surface area contributed by atoms with Gasteiger partial charge in [-0.3, -0.25) is 4.79 Å². The molecule has 0 radical (unpaired) electrons. The highest BCUT2D eigenvalue weighted by atomic mass is 16.5. The summed E-state index contributed by atoms with van der Waals surface area (Å²) in [5.41, 5.74) is 5.29. The van der Waals surface area contributed by atoms with E-state index in [-0.39, 0.29) is 41.5 Å². The molecule has 8 heteroatoms. The molecule has 3 atom stereocenters. The maximum atomic E-state index is 14.5. The average molecular weight is 754 g/mol. The number of ether oxygens (including phenoxy) is 2. The van der Waals surface area contributed by atoms with Gasteiger partial charge in [0.2, 0.25) is 0 Å². The van der Waals surface area contributed by atoms with Crippen LogP contribution in [0.2, 0.25) is 0 Å². The molecular weight excluding hydrogens is 703 g/mol. The minimum Gasteiger partial charge on any atom is -0.508 e. The number of Topliss-reactive ketones (excluding diaryl/α,β-unsaturated/α-hetero) is 1. The summed E-state index contributed by atoms with van der Waals surface area (Å²) < 4.78 is 12.0. The largest absolute Gasteiger partial charge is 0.508 e. The fraction of sp³-hybridized carbons (Fsp3) is 0.312. The number of aromatic hydroxyl groups is 3. The normalized spacial score (nSPS) is 15.0. The van der Waals surface area contributed by atoms with Crippen molar-refractivity contribution in [3.8, 4) is 28.7 Å². The first-order valence-corrected chi connectivity index (χ1v) is 19.7. The van der Waals surface area contributed by atoms with Crippen LogP contribution in [0, 0.1) is 5.92 Å². The van der Waals surface area contributed by atoms with Gasteiger partial charge in [-0.1, -0.05) is 73.2 Å². The Morgan fingerprint density at radius 3 is 2.36 bits per heavy atom. The third-order valence-electron chi connectivity index (χ3n) is 11.4. The zero-order chi connectivity index (χ0) is 39.0. The maximum Gasteiger partial charge on any atom is 0.164 e. The highest BCUT2D eigenvalue weighted by Gasteiger charge is 2.30. The highest BCUT2D eigenvalue weighted by molar-refractivity contribution is 5.87. The number of nitrogens with one attached hydrogen (secondary N) is 1. The van der Waals surface area contributed by atoms with Crippen molar-refractivity contribution < 1.29 is 34.7 Å². The molecule has 1 saturated carbocycles. The summed E-state index contributed by atoms with van der Waals surface area (Å²) in [6, 6.07) is 31.9. The molecule has 1 heterocycles. The molecule has 290 valence electrons. The number of aromatic amines is 1. The smallest absolute Gasteiger partial charge is 0.164 e. The lowest BCUT2D eigenvalue weighted by atomic mass is 9.80. The summed E-state index contributed by atoms with van der Waals surface area (Å²) in [7, 11) is 1.55. The minimum atomic E-state index is -1.02. The Kier molecular flexibility index (Phi) is 12.3. The van der Waals surface area contributed by atoms with Crippen LogP contribution in [0.3, 0.4) is 0 Å². The van der Waals surface area contributed by atoms with Crippen LogP contribution in [-0.4, -0.2) is 50.5 Å². The molecule has 1 aliphatic carbocycles. The standard InChI is InChI=1S/C48H51NO7/c1-55-48-42(28-35-11-7-10-33-9-5-6-16-40(33)35)36(18-20-44(48)52)26-37(23-32-21-22-49-30-32)45(53)29-46(54)41(34-12-8-13-38(50)27-34)24-31-17-19-43(51)47(25-31)56-39-14-3-2-4-15-39/h5-13,16-22,25,27,30,37,39,41,45,49-53H,2-4,14-15,23-24,26,28-29H2,1H3/t37-,41+,45+/m0/s1. The number of benzene rings is 5. The third-order valence-corrected chi connectivity index (χ3v) is 11.4. The van der Waals surface area contributed by atoms with E-state index in [0.717, 1.165) is 64.3 Å². The Bertz CT molecular complexity index is 2240. The Morgan fingerprint density at radius 2 is 1.57 bits per heavy atom. The predicted octanol–water partition coefficient (Wildman–Crippen LogP) is 9.34. The predicted molar refractivity (Wildman–Crippen MR) is 219 cm³/mol. The first kappa shape index (κ1) is 38.5. The summed E-state index contributed by atoms with van der Waals surface area (Å²) in [6.45, 7) is 0. The second-order valence-electron chi connectivity index (χ2n) is 15.2. The number of carbonyl (C=O) groups is 1. The number of phenols is 3. The van der Waals surface area contributed by atoms with Gasteiger partial charge in [-0.15, -0.1) is 0 Å². The van der Waals surface area contributed by atoms with E-state index in [1.807, 2.05) is 54.9 Å². The summed E-state index contributed by atoms with van der Waals surface area (Å²) in [5, 5.41) is 46.4. The van der Waals surface area contributed by atoms with Gasteiger partial charge in [-0.25, -0.2) is 0 Å². The summed E-state index contributed by atoms with van der Waals surface area (Å²) in [5.74, 6) is -0.245. The molecule has 5 N–H and O–H groups in total. The monoisotopic (exact) mass is 753 g/mol. The number of phenolic OH excluding ortho intramolecular Hbond substituents is 3. The summed E-state index contributed by atoms with van der Waals surface area (Å²) in [6.07, 6.45) is 9.64. The Balaban J connectivity index is 1.17. The number of hydrogen-bond acceptors (Lipinski definition) is 7. The summed E-state index contributed by atoms with van der Waals surface area (Å²) in [4.78, 5) is 17.6. The van der Waals surface area contributed by atoms with E-state index in [0.29, 0.717) is 42.7 Å².